The summed E-state index contributed by atoms with van der Waals surface area (Å²) >= 11 is 0. The minimum atomic E-state index is -1.23. The van der Waals surface area contributed by atoms with Gasteiger partial charge < -0.3 is 15.4 Å². The Labute approximate surface area is 90.7 Å². The van der Waals surface area contributed by atoms with Gasteiger partial charge in [0.05, 0.1) is 0 Å². The maximum atomic E-state index is 10.6. The largest absolute Gasteiger partial charge is 0.475 e. The quantitative estimate of drug-likeness (QED) is 0.738. The van der Waals surface area contributed by atoms with E-state index in [9.17, 15) is 4.79 Å². The van der Waals surface area contributed by atoms with Crippen LogP contribution in [0.15, 0.2) is 22.7 Å². The first-order chi connectivity index (χ1) is 7.59. The van der Waals surface area contributed by atoms with Gasteiger partial charge in [0.2, 0.25) is 0 Å². The average molecular weight is 219 g/mol. The van der Waals surface area contributed by atoms with E-state index < -0.39 is 5.97 Å². The molecule has 0 radical (unpaired) electrons. The Balaban J connectivity index is 2.50. The lowest BCUT2D eigenvalue weighted by Crippen LogP contribution is -1.98. The van der Waals surface area contributed by atoms with Crippen LogP contribution in [0.5, 0.6) is 0 Å². The van der Waals surface area contributed by atoms with Crippen LogP contribution in [0.25, 0.3) is 11.5 Å². The molecule has 16 heavy (non-hydrogen) atoms. The number of hydrogen-bond acceptors (Lipinski definition) is 5. The molecule has 0 aliphatic heterocycles. The van der Waals surface area contributed by atoms with Crippen molar-refractivity contribution in [2.75, 3.05) is 5.73 Å². The fraction of sp³-hybridized carbons (Fsp3) is 0.100. The van der Waals surface area contributed by atoms with E-state index in [0.717, 1.165) is 5.56 Å². The van der Waals surface area contributed by atoms with Crippen LogP contribution >= 0.6 is 0 Å². The summed E-state index contributed by atoms with van der Waals surface area (Å²) < 4.78 is 4.85. The van der Waals surface area contributed by atoms with E-state index in [1.807, 2.05) is 0 Å². The van der Waals surface area contributed by atoms with E-state index in [-0.39, 0.29) is 11.7 Å². The van der Waals surface area contributed by atoms with Crippen molar-refractivity contribution in [3.8, 4) is 11.5 Å². The summed E-state index contributed by atoms with van der Waals surface area (Å²) in [5.74, 6) is -1.43. The Morgan fingerprint density at radius 1 is 1.50 bits per heavy atom. The van der Waals surface area contributed by atoms with Crippen molar-refractivity contribution < 1.29 is 14.4 Å². The zero-order valence-corrected chi connectivity index (χ0v) is 8.47. The first-order valence-electron chi connectivity index (χ1n) is 4.52. The maximum absolute atomic E-state index is 10.6. The van der Waals surface area contributed by atoms with Gasteiger partial charge in [-0.25, -0.2) is 4.79 Å². The molecule has 2 rings (SSSR count). The molecule has 0 aliphatic carbocycles. The first kappa shape index (κ1) is 10.2. The zero-order valence-electron chi connectivity index (χ0n) is 8.47. The molecule has 0 saturated carbocycles. The van der Waals surface area contributed by atoms with Gasteiger partial charge in [-0.15, -0.1) is 0 Å². The minimum Gasteiger partial charge on any atom is -0.475 e. The van der Waals surface area contributed by atoms with Gasteiger partial charge >= 0.3 is 5.97 Å². The number of aromatic carboxylic acids is 1. The van der Waals surface area contributed by atoms with Crippen molar-refractivity contribution in [2.45, 2.75) is 6.92 Å². The highest BCUT2D eigenvalue weighted by molar-refractivity contribution is 5.83. The van der Waals surface area contributed by atoms with E-state index in [1.54, 1.807) is 25.1 Å². The fourth-order valence-electron chi connectivity index (χ4n) is 1.30. The Morgan fingerprint density at radius 2 is 2.25 bits per heavy atom. The number of rotatable bonds is 2. The van der Waals surface area contributed by atoms with Crippen LogP contribution in [-0.2, 0) is 0 Å². The topological polar surface area (TPSA) is 102 Å². The number of nitrogens with zero attached hydrogens (tertiary/aromatic N) is 2. The van der Waals surface area contributed by atoms with Crippen molar-refractivity contribution in [3.63, 3.8) is 0 Å². The summed E-state index contributed by atoms with van der Waals surface area (Å²) in [5, 5.41) is 12.0. The molecular formula is C10H9N3O3. The van der Waals surface area contributed by atoms with Crippen LogP contribution < -0.4 is 5.73 Å². The third-order valence-electron chi connectivity index (χ3n) is 2.22. The lowest BCUT2D eigenvalue weighted by molar-refractivity contribution is 0.0680. The molecule has 0 amide bonds. The van der Waals surface area contributed by atoms with Crippen LogP contribution in [0.1, 0.15) is 16.2 Å². The summed E-state index contributed by atoms with van der Waals surface area (Å²) in [6, 6.07) is 5.22. The van der Waals surface area contributed by atoms with E-state index in [1.165, 1.54) is 0 Å². The summed E-state index contributed by atoms with van der Waals surface area (Å²) in [6.07, 6.45) is 0. The van der Waals surface area contributed by atoms with Gasteiger partial charge in [-0.2, -0.15) is 4.98 Å². The normalized spacial score (nSPS) is 10.3. The molecule has 0 unspecified atom stereocenters. The predicted octanol–water partition coefficient (Wildman–Crippen LogP) is 1.33. The zero-order chi connectivity index (χ0) is 11.7. The molecular weight excluding hydrogens is 210 g/mol. The van der Waals surface area contributed by atoms with E-state index in [2.05, 4.69) is 10.1 Å². The Hall–Kier alpha value is -2.37. The molecule has 3 N–H and O–H groups in total. The minimum absolute atomic E-state index is 0.155. The van der Waals surface area contributed by atoms with E-state index >= 15 is 0 Å². The molecule has 82 valence electrons. The van der Waals surface area contributed by atoms with Crippen LogP contribution in [-0.4, -0.2) is 21.2 Å². The summed E-state index contributed by atoms with van der Waals surface area (Å²) in [6.45, 7) is 1.80. The number of aromatic nitrogens is 2. The summed E-state index contributed by atoms with van der Waals surface area (Å²) in [7, 11) is 0. The van der Waals surface area contributed by atoms with Crippen molar-refractivity contribution in [3.05, 3.63) is 29.6 Å². The van der Waals surface area contributed by atoms with Crippen LogP contribution in [0.3, 0.4) is 0 Å². The van der Waals surface area contributed by atoms with E-state index in [4.69, 9.17) is 15.4 Å². The van der Waals surface area contributed by atoms with Gasteiger partial charge in [0.15, 0.2) is 0 Å². The third kappa shape index (κ3) is 1.60. The molecule has 2 aromatic rings. The Kier molecular flexibility index (Phi) is 2.32. The number of nitrogens with two attached hydrogens (primary N) is 1. The van der Waals surface area contributed by atoms with Crippen molar-refractivity contribution in [2.24, 2.45) is 0 Å². The summed E-state index contributed by atoms with van der Waals surface area (Å²) in [4.78, 5) is 14.3. The monoisotopic (exact) mass is 219 g/mol. The predicted molar refractivity (Wildman–Crippen MR) is 55.8 cm³/mol. The fourth-order valence-corrected chi connectivity index (χ4v) is 1.30. The van der Waals surface area contributed by atoms with Crippen molar-refractivity contribution in [1.82, 2.24) is 10.1 Å². The van der Waals surface area contributed by atoms with E-state index in [0.29, 0.717) is 11.3 Å². The second-order valence-electron chi connectivity index (χ2n) is 3.25. The van der Waals surface area contributed by atoms with Crippen molar-refractivity contribution >= 4 is 11.7 Å². The molecule has 0 bridgehead atoms. The van der Waals surface area contributed by atoms with Crippen molar-refractivity contribution in [1.29, 1.82) is 0 Å². The van der Waals surface area contributed by atoms with Crippen LogP contribution in [0, 0.1) is 6.92 Å². The molecule has 1 heterocycles. The van der Waals surface area contributed by atoms with Gasteiger partial charge in [-0.3, -0.25) is 0 Å². The van der Waals surface area contributed by atoms with Gasteiger partial charge in [0, 0.05) is 11.3 Å². The lowest BCUT2D eigenvalue weighted by Gasteiger charge is -2.02. The number of anilines is 1. The van der Waals surface area contributed by atoms with Gasteiger partial charge in [-0.1, -0.05) is 6.07 Å². The SMILES string of the molecule is Cc1c(N)cccc1-c1nc(C(=O)O)no1. The molecule has 0 saturated heterocycles. The van der Waals surface area contributed by atoms with Crippen LogP contribution in [0.4, 0.5) is 5.69 Å². The molecule has 6 nitrogen and oxygen atoms in total. The highest BCUT2D eigenvalue weighted by Crippen LogP contribution is 2.25. The van der Waals surface area contributed by atoms with Gasteiger partial charge in [0.1, 0.15) is 0 Å². The lowest BCUT2D eigenvalue weighted by atomic mass is 10.1. The highest BCUT2D eigenvalue weighted by atomic mass is 16.5. The number of nitrogen functional groups attached to an aromatic ring is 1. The Bertz CT molecular complexity index is 548. The van der Waals surface area contributed by atoms with Gasteiger partial charge in [-0.05, 0) is 29.8 Å². The number of hydrogen-bond donors (Lipinski definition) is 2. The second kappa shape index (κ2) is 3.65. The molecule has 1 aromatic carbocycles. The molecule has 0 spiro atoms. The smallest absolute Gasteiger partial charge is 0.377 e. The number of benzene rings is 1. The molecule has 6 heteroatoms. The maximum Gasteiger partial charge on any atom is 0.377 e. The summed E-state index contributed by atoms with van der Waals surface area (Å²) in [5.41, 5.74) is 7.73. The molecule has 0 atom stereocenters. The number of carboxylic acid groups (broad SMARTS) is 1. The second-order valence-corrected chi connectivity index (χ2v) is 3.25. The first-order valence-corrected chi connectivity index (χ1v) is 4.52. The standard InChI is InChI=1S/C10H9N3O3/c1-5-6(3-2-4-7(5)11)9-12-8(10(14)15)13-16-9/h2-4H,11H2,1H3,(H,14,15). The van der Waals surface area contributed by atoms with Gasteiger partial charge in [0.25, 0.3) is 11.7 Å². The Morgan fingerprint density at radius 3 is 2.88 bits per heavy atom. The molecule has 0 fully saturated rings. The highest BCUT2D eigenvalue weighted by Gasteiger charge is 2.16. The molecule has 0 aliphatic rings. The number of carbonyl (C=O) groups is 1. The average Bonchev–Trinajstić information content (AvgIpc) is 2.71. The number of carboxylic acids is 1. The van der Waals surface area contributed by atoms with Crippen LogP contribution in [0.2, 0.25) is 0 Å². The third-order valence-corrected chi connectivity index (χ3v) is 2.22. The molecule has 1 aromatic heterocycles.